The Kier molecular flexibility index (Phi) is 2.85. The van der Waals surface area contributed by atoms with Crippen molar-refractivity contribution < 1.29 is 0 Å². The molecule has 3 heteroatoms. The van der Waals surface area contributed by atoms with E-state index < -0.39 is 0 Å². The van der Waals surface area contributed by atoms with Gasteiger partial charge in [-0.3, -0.25) is 0 Å². The number of benzene rings is 1. The molecule has 1 rings (SSSR count). The van der Waals surface area contributed by atoms with Gasteiger partial charge in [0, 0.05) is 10.7 Å². The number of halogens is 1. The zero-order valence-electron chi connectivity index (χ0n) is 6.10. The van der Waals surface area contributed by atoms with Crippen molar-refractivity contribution in [3.63, 3.8) is 0 Å². The second kappa shape index (κ2) is 3.69. The summed E-state index contributed by atoms with van der Waals surface area (Å²) in [6, 6.07) is 7.42. The predicted octanol–water partition coefficient (Wildman–Crippen LogP) is 3.10. The van der Waals surface area contributed by atoms with E-state index in [1.165, 1.54) is 0 Å². The molecule has 0 saturated carbocycles. The van der Waals surface area contributed by atoms with E-state index in [1.807, 2.05) is 31.2 Å². The Balaban J connectivity index is 2.74. The van der Waals surface area contributed by atoms with Crippen molar-refractivity contribution in [3.05, 3.63) is 29.3 Å². The molecule has 0 unspecified atom stereocenters. The molecule has 1 nitrogen and oxygen atoms in total. The van der Waals surface area contributed by atoms with Crippen LogP contribution in [0.3, 0.4) is 0 Å². The van der Waals surface area contributed by atoms with Gasteiger partial charge < -0.3 is 5.32 Å². The topological polar surface area (TPSA) is 12.0 Å². The first-order valence-electron chi connectivity index (χ1n) is 3.21. The minimum absolute atomic E-state index is 0.734. The minimum Gasteiger partial charge on any atom is -0.350 e. The molecule has 0 fully saturated rings. The first kappa shape index (κ1) is 8.50. The third-order valence-corrected chi connectivity index (χ3v) is 1.52. The van der Waals surface area contributed by atoms with Gasteiger partial charge in [0.1, 0.15) is 0 Å². The molecular formula is C8H8ClNS. The van der Waals surface area contributed by atoms with Crippen LogP contribution in [0.4, 0.5) is 5.69 Å². The lowest BCUT2D eigenvalue weighted by Crippen LogP contribution is -2.02. The third kappa shape index (κ3) is 2.87. The van der Waals surface area contributed by atoms with Crippen LogP contribution in [0.5, 0.6) is 0 Å². The van der Waals surface area contributed by atoms with Crippen LogP contribution in [0.25, 0.3) is 0 Å². The highest BCUT2D eigenvalue weighted by Gasteiger charge is 1.90. The Morgan fingerprint density at radius 3 is 2.36 bits per heavy atom. The van der Waals surface area contributed by atoms with Gasteiger partial charge in [0.15, 0.2) is 0 Å². The van der Waals surface area contributed by atoms with Gasteiger partial charge in [-0.2, -0.15) is 0 Å². The van der Waals surface area contributed by atoms with Crippen LogP contribution in [0.1, 0.15) is 6.92 Å². The molecule has 0 bridgehead atoms. The number of nitrogens with one attached hydrogen (secondary N) is 1. The summed E-state index contributed by atoms with van der Waals surface area (Å²) in [7, 11) is 0. The summed E-state index contributed by atoms with van der Waals surface area (Å²) >= 11 is 10.6. The molecule has 0 aliphatic rings. The van der Waals surface area contributed by atoms with Gasteiger partial charge in [-0.15, -0.1) is 0 Å². The summed E-state index contributed by atoms with van der Waals surface area (Å²) < 4.78 is 0. The molecule has 0 aliphatic heterocycles. The highest BCUT2D eigenvalue weighted by molar-refractivity contribution is 7.80. The maximum atomic E-state index is 5.69. The second-order valence-corrected chi connectivity index (χ2v) is 3.24. The summed E-state index contributed by atoms with van der Waals surface area (Å²) in [5.74, 6) is 0. The minimum atomic E-state index is 0.734. The van der Waals surface area contributed by atoms with Gasteiger partial charge >= 0.3 is 0 Å². The molecule has 0 spiro atoms. The van der Waals surface area contributed by atoms with Crippen LogP contribution in [0.2, 0.25) is 5.02 Å². The molecule has 0 amide bonds. The average Bonchev–Trinajstić information content (AvgIpc) is 1.93. The smallest absolute Gasteiger partial charge is 0.0765 e. The lowest BCUT2D eigenvalue weighted by Gasteiger charge is -2.02. The van der Waals surface area contributed by atoms with Crippen molar-refractivity contribution >= 4 is 34.5 Å². The summed E-state index contributed by atoms with van der Waals surface area (Å²) in [4.78, 5) is 0.757. The number of hydrogen-bond donors (Lipinski definition) is 1. The molecule has 0 atom stereocenters. The van der Waals surface area contributed by atoms with Crippen LogP contribution >= 0.6 is 23.8 Å². The van der Waals surface area contributed by atoms with E-state index in [1.54, 1.807) is 0 Å². The first-order valence-corrected chi connectivity index (χ1v) is 4.00. The number of rotatable bonds is 1. The van der Waals surface area contributed by atoms with Crippen molar-refractivity contribution in [1.82, 2.24) is 0 Å². The molecule has 0 aliphatic carbocycles. The highest BCUT2D eigenvalue weighted by atomic mass is 35.5. The Bertz CT molecular complexity index is 255. The predicted molar refractivity (Wildman–Crippen MR) is 53.3 cm³/mol. The van der Waals surface area contributed by atoms with Crippen molar-refractivity contribution in [3.8, 4) is 0 Å². The lowest BCUT2D eigenvalue weighted by molar-refractivity contribution is 1.63. The van der Waals surface area contributed by atoms with Gasteiger partial charge in [-0.05, 0) is 31.2 Å². The Morgan fingerprint density at radius 2 is 1.91 bits per heavy atom. The standard InChI is InChI=1S/C8H8ClNS/c1-6(11)10-8-4-2-7(9)3-5-8/h2-5H,1H3,(H,10,11). The fraction of sp³-hybridized carbons (Fsp3) is 0.125. The van der Waals surface area contributed by atoms with Crippen LogP contribution < -0.4 is 5.32 Å². The fourth-order valence-electron chi connectivity index (χ4n) is 0.736. The molecule has 0 radical (unpaired) electrons. The monoisotopic (exact) mass is 185 g/mol. The van der Waals surface area contributed by atoms with E-state index in [-0.39, 0.29) is 0 Å². The van der Waals surface area contributed by atoms with Crippen molar-refractivity contribution in [1.29, 1.82) is 0 Å². The van der Waals surface area contributed by atoms with E-state index >= 15 is 0 Å². The molecule has 58 valence electrons. The van der Waals surface area contributed by atoms with Gasteiger partial charge in [0.05, 0.1) is 4.99 Å². The van der Waals surface area contributed by atoms with Gasteiger partial charge in [0.25, 0.3) is 0 Å². The van der Waals surface area contributed by atoms with Gasteiger partial charge in [0.2, 0.25) is 0 Å². The normalized spacial score (nSPS) is 9.27. The number of thiocarbonyl (C=S) groups is 1. The molecule has 0 heterocycles. The van der Waals surface area contributed by atoms with Crippen molar-refractivity contribution in [2.24, 2.45) is 0 Å². The van der Waals surface area contributed by atoms with Gasteiger partial charge in [-0.25, -0.2) is 0 Å². The quantitative estimate of drug-likeness (QED) is 0.675. The molecule has 1 aromatic carbocycles. The molecule has 1 N–H and O–H groups in total. The Morgan fingerprint density at radius 1 is 1.36 bits per heavy atom. The Labute approximate surface area is 76.4 Å². The fourth-order valence-corrected chi connectivity index (χ4v) is 0.980. The molecular weight excluding hydrogens is 178 g/mol. The molecule has 0 aromatic heterocycles. The van der Waals surface area contributed by atoms with Crippen LogP contribution in [-0.2, 0) is 0 Å². The maximum absolute atomic E-state index is 5.69. The summed E-state index contributed by atoms with van der Waals surface area (Å²) in [5, 5.41) is 3.74. The maximum Gasteiger partial charge on any atom is 0.0765 e. The molecule has 1 aromatic rings. The first-order chi connectivity index (χ1) is 5.18. The van der Waals surface area contributed by atoms with Crippen LogP contribution in [0.15, 0.2) is 24.3 Å². The van der Waals surface area contributed by atoms with Crippen molar-refractivity contribution in [2.75, 3.05) is 5.32 Å². The largest absolute Gasteiger partial charge is 0.350 e. The summed E-state index contributed by atoms with van der Waals surface area (Å²) in [6.45, 7) is 1.84. The van der Waals surface area contributed by atoms with E-state index in [0.29, 0.717) is 0 Å². The number of anilines is 1. The van der Waals surface area contributed by atoms with Crippen LogP contribution in [-0.4, -0.2) is 4.99 Å². The molecule has 0 saturated heterocycles. The van der Waals surface area contributed by atoms with Crippen molar-refractivity contribution in [2.45, 2.75) is 6.92 Å². The zero-order chi connectivity index (χ0) is 8.27. The zero-order valence-corrected chi connectivity index (χ0v) is 7.67. The second-order valence-electron chi connectivity index (χ2n) is 2.19. The molecule has 11 heavy (non-hydrogen) atoms. The lowest BCUT2D eigenvalue weighted by atomic mass is 10.3. The Hall–Kier alpha value is -0.600. The summed E-state index contributed by atoms with van der Waals surface area (Å²) in [5.41, 5.74) is 0.974. The van der Waals surface area contributed by atoms with E-state index in [9.17, 15) is 0 Å². The summed E-state index contributed by atoms with van der Waals surface area (Å²) in [6.07, 6.45) is 0. The van der Waals surface area contributed by atoms with Gasteiger partial charge in [-0.1, -0.05) is 23.8 Å². The van der Waals surface area contributed by atoms with Crippen LogP contribution in [0, 0.1) is 0 Å². The van der Waals surface area contributed by atoms with E-state index in [4.69, 9.17) is 23.8 Å². The highest BCUT2D eigenvalue weighted by Crippen LogP contribution is 2.13. The SMILES string of the molecule is CC(=S)Nc1ccc(Cl)cc1. The van der Waals surface area contributed by atoms with E-state index in [0.717, 1.165) is 15.7 Å². The average molecular weight is 186 g/mol. The number of hydrogen-bond acceptors (Lipinski definition) is 1. The van der Waals surface area contributed by atoms with E-state index in [2.05, 4.69) is 5.32 Å². The third-order valence-electron chi connectivity index (χ3n) is 1.16.